The number of anilines is 1. The van der Waals surface area contributed by atoms with E-state index in [1.54, 1.807) is 0 Å². The summed E-state index contributed by atoms with van der Waals surface area (Å²) in [5.74, 6) is 5.84. The van der Waals surface area contributed by atoms with Gasteiger partial charge >= 0.3 is 0 Å². The molecule has 2 aliphatic carbocycles. The van der Waals surface area contributed by atoms with Gasteiger partial charge in [-0.25, -0.2) is 0 Å². The number of nitrogens with two attached hydrogens (primary N) is 1. The number of aromatic nitrogens is 1. The van der Waals surface area contributed by atoms with Gasteiger partial charge in [-0.3, -0.25) is 10.8 Å². The van der Waals surface area contributed by atoms with Gasteiger partial charge in [0.1, 0.15) is 0 Å². The summed E-state index contributed by atoms with van der Waals surface area (Å²) in [5.41, 5.74) is 10.9. The van der Waals surface area contributed by atoms with E-state index in [-0.39, 0.29) is 0 Å². The summed E-state index contributed by atoms with van der Waals surface area (Å²) in [6, 6.07) is 4.51. The van der Waals surface area contributed by atoms with Crippen LogP contribution in [0, 0.1) is 0 Å². The van der Waals surface area contributed by atoms with Crippen LogP contribution in [0.3, 0.4) is 0 Å². The van der Waals surface area contributed by atoms with Gasteiger partial charge < -0.3 is 5.43 Å². The third-order valence-electron chi connectivity index (χ3n) is 4.90. The van der Waals surface area contributed by atoms with Crippen LogP contribution in [0.5, 0.6) is 0 Å². The Hall–Kier alpha value is -1.61. The Kier molecular flexibility index (Phi) is 2.88. The quantitative estimate of drug-likeness (QED) is 0.616. The van der Waals surface area contributed by atoms with E-state index in [1.165, 1.54) is 71.8 Å². The van der Waals surface area contributed by atoms with Crippen molar-refractivity contribution in [2.45, 2.75) is 51.4 Å². The molecule has 0 bridgehead atoms. The topological polar surface area (TPSA) is 50.9 Å². The molecule has 0 aliphatic heterocycles. The minimum absolute atomic E-state index is 1.10. The number of hydrogen-bond acceptors (Lipinski definition) is 3. The van der Waals surface area contributed by atoms with E-state index in [4.69, 9.17) is 10.8 Å². The Morgan fingerprint density at radius 1 is 0.900 bits per heavy atom. The zero-order chi connectivity index (χ0) is 13.5. The van der Waals surface area contributed by atoms with E-state index >= 15 is 0 Å². The Bertz CT molecular complexity index is 676. The highest BCUT2D eigenvalue weighted by Crippen LogP contribution is 2.36. The molecular formula is C17H21N3. The van der Waals surface area contributed by atoms with Crippen LogP contribution in [0.2, 0.25) is 0 Å². The van der Waals surface area contributed by atoms with Gasteiger partial charge in [-0.1, -0.05) is 12.1 Å². The summed E-state index contributed by atoms with van der Waals surface area (Å²) in [4.78, 5) is 5.04. The second-order valence-electron chi connectivity index (χ2n) is 6.07. The highest BCUT2D eigenvalue weighted by molar-refractivity contribution is 5.96. The van der Waals surface area contributed by atoms with Crippen molar-refractivity contribution in [3.8, 4) is 0 Å². The number of hydrazine groups is 1. The smallest absolute Gasteiger partial charge is 0.0761 e. The molecule has 2 aliphatic rings. The number of fused-ring (bicyclic) bond motifs is 4. The lowest BCUT2D eigenvalue weighted by Gasteiger charge is -2.23. The number of nitrogens with zero attached hydrogens (tertiary/aromatic N) is 1. The summed E-state index contributed by atoms with van der Waals surface area (Å²) in [5, 5.41) is 1.22. The van der Waals surface area contributed by atoms with E-state index in [2.05, 4.69) is 17.6 Å². The number of hydrogen-bond donors (Lipinski definition) is 2. The minimum atomic E-state index is 1.10. The molecule has 0 saturated heterocycles. The average Bonchev–Trinajstić information content (AvgIpc) is 2.52. The molecule has 1 aromatic heterocycles. The molecule has 0 atom stereocenters. The van der Waals surface area contributed by atoms with Crippen molar-refractivity contribution in [2.75, 3.05) is 5.43 Å². The van der Waals surface area contributed by atoms with E-state index in [0.717, 1.165) is 18.5 Å². The average molecular weight is 267 g/mol. The third-order valence-corrected chi connectivity index (χ3v) is 4.90. The molecule has 0 unspecified atom stereocenters. The molecular weight excluding hydrogens is 246 g/mol. The lowest BCUT2D eigenvalue weighted by molar-refractivity contribution is 0.668. The Balaban J connectivity index is 2.04. The first kappa shape index (κ1) is 12.2. The maximum Gasteiger partial charge on any atom is 0.0761 e. The zero-order valence-electron chi connectivity index (χ0n) is 11.8. The highest BCUT2D eigenvalue weighted by atomic mass is 15.2. The molecule has 0 amide bonds. The van der Waals surface area contributed by atoms with Crippen molar-refractivity contribution in [2.24, 2.45) is 5.84 Å². The van der Waals surface area contributed by atoms with Gasteiger partial charge in [0, 0.05) is 11.1 Å². The summed E-state index contributed by atoms with van der Waals surface area (Å²) < 4.78 is 0. The van der Waals surface area contributed by atoms with Crippen LogP contribution in [0.4, 0.5) is 5.69 Å². The lowest BCUT2D eigenvalue weighted by Crippen LogP contribution is -2.16. The van der Waals surface area contributed by atoms with Gasteiger partial charge in [0.25, 0.3) is 0 Å². The molecule has 1 heterocycles. The van der Waals surface area contributed by atoms with Crippen molar-refractivity contribution >= 4 is 16.6 Å². The fraction of sp³-hybridized carbons (Fsp3) is 0.471. The number of benzene rings is 1. The third kappa shape index (κ3) is 1.73. The molecule has 0 spiro atoms. The second kappa shape index (κ2) is 4.74. The van der Waals surface area contributed by atoms with Crippen LogP contribution in [0.15, 0.2) is 12.1 Å². The first-order valence-electron chi connectivity index (χ1n) is 7.81. The van der Waals surface area contributed by atoms with Crippen LogP contribution in [0.25, 0.3) is 10.9 Å². The molecule has 3 heteroatoms. The van der Waals surface area contributed by atoms with Gasteiger partial charge in [-0.2, -0.15) is 0 Å². The van der Waals surface area contributed by atoms with Gasteiger partial charge in [0.2, 0.25) is 0 Å². The molecule has 20 heavy (non-hydrogen) atoms. The molecule has 2 aromatic rings. The predicted octanol–water partition coefficient (Wildman–Crippen LogP) is 3.28. The van der Waals surface area contributed by atoms with Crippen molar-refractivity contribution in [3.05, 3.63) is 34.5 Å². The van der Waals surface area contributed by atoms with Crippen LogP contribution >= 0.6 is 0 Å². The molecule has 0 radical (unpaired) electrons. The van der Waals surface area contributed by atoms with E-state index in [9.17, 15) is 0 Å². The fourth-order valence-electron chi connectivity index (χ4n) is 3.88. The largest absolute Gasteiger partial charge is 0.323 e. The number of aryl methyl sites for hydroxylation is 3. The monoisotopic (exact) mass is 267 g/mol. The Labute approximate surface area is 119 Å². The van der Waals surface area contributed by atoms with Gasteiger partial charge in [0.15, 0.2) is 0 Å². The van der Waals surface area contributed by atoms with E-state index in [0.29, 0.717) is 0 Å². The molecule has 3 nitrogen and oxygen atoms in total. The molecule has 1 aromatic carbocycles. The second-order valence-corrected chi connectivity index (χ2v) is 6.07. The fourth-order valence-corrected chi connectivity index (χ4v) is 3.88. The standard InChI is InChI=1S/C17H21N3/c18-20-17-13-7-3-4-8-15(13)19-16-12-6-2-1-5-11(12)9-10-14(16)17/h9-10H,1-8,18H2,(H,19,20). The van der Waals surface area contributed by atoms with Crippen molar-refractivity contribution in [3.63, 3.8) is 0 Å². The molecule has 3 N–H and O–H groups in total. The molecule has 0 fully saturated rings. The van der Waals surface area contributed by atoms with Crippen molar-refractivity contribution in [1.82, 2.24) is 4.98 Å². The summed E-state index contributed by atoms with van der Waals surface area (Å²) in [6.07, 6.45) is 9.68. The Morgan fingerprint density at radius 3 is 2.50 bits per heavy atom. The van der Waals surface area contributed by atoms with Crippen LogP contribution < -0.4 is 11.3 Å². The number of pyridine rings is 1. The van der Waals surface area contributed by atoms with Gasteiger partial charge in [0.05, 0.1) is 11.2 Å². The maximum absolute atomic E-state index is 5.84. The van der Waals surface area contributed by atoms with Gasteiger partial charge in [-0.15, -0.1) is 0 Å². The van der Waals surface area contributed by atoms with Crippen molar-refractivity contribution in [1.29, 1.82) is 0 Å². The van der Waals surface area contributed by atoms with Crippen molar-refractivity contribution < 1.29 is 0 Å². The normalized spacial score (nSPS) is 17.6. The van der Waals surface area contributed by atoms with Crippen LogP contribution in [-0.4, -0.2) is 4.98 Å². The first-order chi connectivity index (χ1) is 9.88. The number of nitrogen functional groups attached to an aromatic ring is 1. The minimum Gasteiger partial charge on any atom is -0.323 e. The highest BCUT2D eigenvalue weighted by Gasteiger charge is 2.21. The Morgan fingerprint density at radius 2 is 1.65 bits per heavy atom. The molecule has 104 valence electrons. The lowest BCUT2D eigenvalue weighted by atomic mass is 9.87. The van der Waals surface area contributed by atoms with E-state index < -0.39 is 0 Å². The van der Waals surface area contributed by atoms with E-state index in [1.807, 2.05) is 0 Å². The summed E-state index contributed by atoms with van der Waals surface area (Å²) in [7, 11) is 0. The number of rotatable bonds is 1. The predicted molar refractivity (Wildman–Crippen MR) is 82.8 cm³/mol. The zero-order valence-corrected chi connectivity index (χ0v) is 11.8. The summed E-state index contributed by atoms with van der Waals surface area (Å²) in [6.45, 7) is 0. The number of nitrogens with one attached hydrogen (secondary N) is 1. The van der Waals surface area contributed by atoms with Crippen LogP contribution in [-0.2, 0) is 25.7 Å². The summed E-state index contributed by atoms with van der Waals surface area (Å²) >= 11 is 0. The molecule has 4 rings (SSSR count). The first-order valence-corrected chi connectivity index (χ1v) is 7.81. The maximum atomic E-state index is 5.84. The molecule has 0 saturated carbocycles. The SMILES string of the molecule is NNc1c2c(nc3c4c(ccc13)CCCC4)CCCC2. The van der Waals surface area contributed by atoms with Crippen LogP contribution in [0.1, 0.15) is 48.1 Å². The van der Waals surface area contributed by atoms with Gasteiger partial charge in [-0.05, 0) is 68.1 Å².